The normalized spacial score (nSPS) is 12.3. The van der Waals surface area contributed by atoms with Crippen molar-refractivity contribution < 1.29 is 0 Å². The lowest BCUT2D eigenvalue weighted by Crippen LogP contribution is -2.13. The molecule has 0 aliphatic rings. The maximum atomic E-state index is 6.26. The Hall–Kier alpha value is -1.68. The number of halogens is 1. The van der Waals surface area contributed by atoms with Crippen LogP contribution in [0.4, 0.5) is 0 Å². The summed E-state index contributed by atoms with van der Waals surface area (Å²) >= 11 is 7.83. The Morgan fingerprint density at radius 2 is 1.76 bits per heavy atom. The molecular formula is C17H15ClN2S. The van der Waals surface area contributed by atoms with E-state index in [1.165, 1.54) is 0 Å². The van der Waals surface area contributed by atoms with Crippen LogP contribution in [0.5, 0.6) is 0 Å². The molecule has 0 fully saturated rings. The molecule has 1 unspecified atom stereocenters. The minimum atomic E-state index is -0.131. The van der Waals surface area contributed by atoms with Gasteiger partial charge < -0.3 is 5.73 Å². The lowest BCUT2D eigenvalue weighted by molar-refractivity contribution is 0.718. The summed E-state index contributed by atoms with van der Waals surface area (Å²) in [6, 6.07) is 17.7. The fourth-order valence-electron chi connectivity index (χ4n) is 2.22. The molecule has 1 aromatic heterocycles. The fourth-order valence-corrected chi connectivity index (χ4v) is 3.36. The SMILES string of the molecule is NC(Cc1nc(-c2ccccc2)cs1)c1ccccc1Cl. The van der Waals surface area contributed by atoms with Crippen LogP contribution in [-0.2, 0) is 6.42 Å². The van der Waals surface area contributed by atoms with Gasteiger partial charge in [0.05, 0.1) is 10.7 Å². The molecule has 1 atom stereocenters. The van der Waals surface area contributed by atoms with Gasteiger partial charge in [-0.15, -0.1) is 11.3 Å². The number of rotatable bonds is 4. The Morgan fingerprint density at radius 1 is 1.05 bits per heavy atom. The van der Waals surface area contributed by atoms with Gasteiger partial charge >= 0.3 is 0 Å². The molecule has 3 aromatic rings. The Balaban J connectivity index is 1.77. The Bertz CT molecular complexity index is 724. The van der Waals surface area contributed by atoms with E-state index in [1.54, 1.807) is 11.3 Å². The van der Waals surface area contributed by atoms with Crippen LogP contribution in [0.25, 0.3) is 11.3 Å². The standard InChI is InChI=1S/C17H15ClN2S/c18-14-9-5-4-8-13(14)15(19)10-17-20-16(11-21-17)12-6-2-1-3-7-12/h1-9,11,15H,10,19H2. The minimum Gasteiger partial charge on any atom is -0.324 e. The molecule has 3 rings (SSSR count). The maximum Gasteiger partial charge on any atom is 0.0951 e. The molecule has 0 aliphatic carbocycles. The number of hydrogen-bond acceptors (Lipinski definition) is 3. The molecule has 0 bridgehead atoms. The van der Waals surface area contributed by atoms with E-state index in [0.717, 1.165) is 21.8 Å². The highest BCUT2D eigenvalue weighted by molar-refractivity contribution is 7.09. The molecule has 0 spiro atoms. The molecule has 21 heavy (non-hydrogen) atoms. The molecule has 0 saturated carbocycles. The fraction of sp³-hybridized carbons (Fsp3) is 0.118. The highest BCUT2D eigenvalue weighted by Crippen LogP contribution is 2.27. The van der Waals surface area contributed by atoms with Crippen LogP contribution >= 0.6 is 22.9 Å². The summed E-state index contributed by atoms with van der Waals surface area (Å²) in [5.41, 5.74) is 9.36. The number of benzene rings is 2. The van der Waals surface area contributed by atoms with E-state index in [1.807, 2.05) is 42.5 Å². The largest absolute Gasteiger partial charge is 0.324 e. The monoisotopic (exact) mass is 314 g/mol. The zero-order valence-corrected chi connectivity index (χ0v) is 12.9. The molecule has 2 aromatic carbocycles. The van der Waals surface area contributed by atoms with Crippen LogP contribution in [0.15, 0.2) is 60.0 Å². The van der Waals surface area contributed by atoms with Crippen molar-refractivity contribution >= 4 is 22.9 Å². The van der Waals surface area contributed by atoms with E-state index in [4.69, 9.17) is 17.3 Å². The second-order valence-electron chi connectivity index (χ2n) is 4.82. The van der Waals surface area contributed by atoms with Crippen LogP contribution in [0.1, 0.15) is 16.6 Å². The third-order valence-corrected chi connectivity index (χ3v) is 4.54. The van der Waals surface area contributed by atoms with Gasteiger partial charge in [-0.25, -0.2) is 4.98 Å². The van der Waals surface area contributed by atoms with Gasteiger partial charge in [-0.3, -0.25) is 0 Å². The van der Waals surface area contributed by atoms with E-state index in [0.29, 0.717) is 11.4 Å². The summed E-state index contributed by atoms with van der Waals surface area (Å²) in [5.74, 6) is 0. The zero-order chi connectivity index (χ0) is 14.7. The number of nitrogens with two attached hydrogens (primary N) is 1. The summed E-state index contributed by atoms with van der Waals surface area (Å²) in [6.45, 7) is 0. The van der Waals surface area contributed by atoms with E-state index < -0.39 is 0 Å². The summed E-state index contributed by atoms with van der Waals surface area (Å²) < 4.78 is 0. The Labute approximate surface area is 133 Å². The third kappa shape index (κ3) is 3.32. The summed E-state index contributed by atoms with van der Waals surface area (Å²) in [7, 11) is 0. The number of aromatic nitrogens is 1. The highest BCUT2D eigenvalue weighted by atomic mass is 35.5. The Kier molecular flexibility index (Phi) is 4.34. The first-order valence-electron chi connectivity index (χ1n) is 6.74. The van der Waals surface area contributed by atoms with Crippen LogP contribution in [0.3, 0.4) is 0 Å². The number of nitrogens with zero attached hydrogens (tertiary/aromatic N) is 1. The zero-order valence-electron chi connectivity index (χ0n) is 11.4. The molecule has 1 heterocycles. The summed E-state index contributed by atoms with van der Waals surface area (Å²) in [5, 5.41) is 3.82. The van der Waals surface area contributed by atoms with Gasteiger partial charge in [0.25, 0.3) is 0 Å². The number of thiazole rings is 1. The summed E-state index contributed by atoms with van der Waals surface area (Å²) in [4.78, 5) is 4.67. The molecule has 4 heteroatoms. The first-order chi connectivity index (χ1) is 10.2. The lowest BCUT2D eigenvalue weighted by Gasteiger charge is -2.11. The van der Waals surface area contributed by atoms with Crippen molar-refractivity contribution in [3.63, 3.8) is 0 Å². The van der Waals surface area contributed by atoms with Crippen molar-refractivity contribution in [2.75, 3.05) is 0 Å². The quantitative estimate of drug-likeness (QED) is 0.757. The first-order valence-corrected chi connectivity index (χ1v) is 7.99. The highest BCUT2D eigenvalue weighted by Gasteiger charge is 2.13. The van der Waals surface area contributed by atoms with Gasteiger partial charge in [-0.2, -0.15) is 0 Å². The average molecular weight is 315 g/mol. The molecule has 2 nitrogen and oxygen atoms in total. The van der Waals surface area contributed by atoms with Gasteiger partial charge in [0.2, 0.25) is 0 Å². The van der Waals surface area contributed by atoms with Gasteiger partial charge in [-0.1, -0.05) is 60.1 Å². The number of hydrogen-bond donors (Lipinski definition) is 1. The third-order valence-electron chi connectivity index (χ3n) is 3.32. The first kappa shape index (κ1) is 14.3. The molecule has 0 amide bonds. The smallest absolute Gasteiger partial charge is 0.0951 e. The lowest BCUT2D eigenvalue weighted by atomic mass is 10.1. The second kappa shape index (κ2) is 6.39. The average Bonchev–Trinajstić information content (AvgIpc) is 2.97. The van der Waals surface area contributed by atoms with E-state index in [2.05, 4.69) is 22.5 Å². The Morgan fingerprint density at radius 3 is 2.52 bits per heavy atom. The van der Waals surface area contributed by atoms with E-state index in [9.17, 15) is 0 Å². The molecule has 0 radical (unpaired) electrons. The van der Waals surface area contributed by atoms with Crippen LogP contribution in [0, 0.1) is 0 Å². The van der Waals surface area contributed by atoms with Gasteiger partial charge in [0.15, 0.2) is 0 Å². The predicted molar refractivity (Wildman–Crippen MR) is 89.6 cm³/mol. The van der Waals surface area contributed by atoms with Crippen molar-refractivity contribution in [3.05, 3.63) is 75.6 Å². The van der Waals surface area contributed by atoms with Crippen molar-refractivity contribution in [2.24, 2.45) is 5.73 Å². The molecular weight excluding hydrogens is 300 g/mol. The van der Waals surface area contributed by atoms with E-state index >= 15 is 0 Å². The molecule has 2 N–H and O–H groups in total. The molecule has 0 aliphatic heterocycles. The molecule has 106 valence electrons. The van der Waals surface area contributed by atoms with Gasteiger partial charge in [0.1, 0.15) is 0 Å². The van der Waals surface area contributed by atoms with Crippen molar-refractivity contribution in [2.45, 2.75) is 12.5 Å². The topological polar surface area (TPSA) is 38.9 Å². The van der Waals surface area contributed by atoms with Gasteiger partial charge in [-0.05, 0) is 11.6 Å². The predicted octanol–water partition coefficient (Wildman–Crippen LogP) is 4.71. The van der Waals surface area contributed by atoms with Gasteiger partial charge in [0, 0.05) is 28.4 Å². The summed E-state index contributed by atoms with van der Waals surface area (Å²) in [6.07, 6.45) is 0.696. The van der Waals surface area contributed by atoms with Crippen LogP contribution < -0.4 is 5.73 Å². The maximum absolute atomic E-state index is 6.26. The second-order valence-corrected chi connectivity index (χ2v) is 6.17. The van der Waals surface area contributed by atoms with Crippen molar-refractivity contribution in [1.82, 2.24) is 4.98 Å². The van der Waals surface area contributed by atoms with Crippen molar-refractivity contribution in [1.29, 1.82) is 0 Å². The van der Waals surface area contributed by atoms with Crippen molar-refractivity contribution in [3.8, 4) is 11.3 Å². The van der Waals surface area contributed by atoms with Crippen LogP contribution in [-0.4, -0.2) is 4.98 Å². The minimum absolute atomic E-state index is 0.131. The van der Waals surface area contributed by atoms with E-state index in [-0.39, 0.29) is 6.04 Å². The molecule has 0 saturated heterocycles. The van der Waals surface area contributed by atoms with Crippen LogP contribution in [0.2, 0.25) is 5.02 Å².